The van der Waals surface area contributed by atoms with Crippen molar-refractivity contribution in [3.05, 3.63) is 10.6 Å². The summed E-state index contributed by atoms with van der Waals surface area (Å²) < 4.78 is 0. The number of nitrogens with zero attached hydrogens (tertiary/aromatic N) is 3. The fourth-order valence-corrected chi connectivity index (χ4v) is 3.06. The normalized spacial score (nSPS) is 16.4. The molecule has 0 aromatic carbocycles. The summed E-state index contributed by atoms with van der Waals surface area (Å²) in [6.45, 7) is 4.72. The summed E-state index contributed by atoms with van der Waals surface area (Å²) in [7, 11) is 0. The Morgan fingerprint density at radius 2 is 1.95 bits per heavy atom. The van der Waals surface area contributed by atoms with Gasteiger partial charge in [-0.1, -0.05) is 0 Å². The van der Waals surface area contributed by atoms with Crippen LogP contribution < -0.4 is 11.5 Å². The van der Waals surface area contributed by atoms with Crippen LogP contribution in [0.5, 0.6) is 0 Å². The first-order valence-electron chi connectivity index (χ1n) is 6.46. The minimum absolute atomic E-state index is 0.0791. The van der Waals surface area contributed by atoms with Crippen molar-refractivity contribution in [1.29, 1.82) is 0 Å². The summed E-state index contributed by atoms with van der Waals surface area (Å²) >= 11 is 1.36. The van der Waals surface area contributed by atoms with Crippen molar-refractivity contribution < 1.29 is 9.59 Å². The Labute approximate surface area is 121 Å². The number of piperazine rings is 1. The van der Waals surface area contributed by atoms with Crippen LogP contribution in [-0.2, 0) is 16.0 Å². The molecule has 2 rings (SSSR count). The SMILES string of the molecule is Cc1nc(N)sc1CC(=O)N1CCN(CC(N)=O)CC1. The van der Waals surface area contributed by atoms with Crippen molar-refractivity contribution in [2.24, 2.45) is 5.73 Å². The number of primary amides is 1. The fourth-order valence-electron chi connectivity index (χ4n) is 2.24. The Morgan fingerprint density at radius 3 is 2.45 bits per heavy atom. The summed E-state index contributed by atoms with van der Waals surface area (Å²) in [6, 6.07) is 0. The summed E-state index contributed by atoms with van der Waals surface area (Å²) in [5, 5.41) is 0.497. The molecule has 0 radical (unpaired) electrons. The lowest BCUT2D eigenvalue weighted by molar-refractivity contribution is -0.132. The third kappa shape index (κ3) is 3.67. The smallest absolute Gasteiger partial charge is 0.231 e. The summed E-state index contributed by atoms with van der Waals surface area (Å²) in [4.78, 5) is 31.9. The van der Waals surface area contributed by atoms with E-state index in [-0.39, 0.29) is 18.4 Å². The van der Waals surface area contributed by atoms with Crippen LogP contribution in [0.15, 0.2) is 0 Å². The summed E-state index contributed by atoms with van der Waals surface area (Å²) in [5.41, 5.74) is 11.6. The first-order valence-corrected chi connectivity index (χ1v) is 7.27. The van der Waals surface area contributed by atoms with Crippen LogP contribution in [0.1, 0.15) is 10.6 Å². The van der Waals surface area contributed by atoms with Gasteiger partial charge in [0.05, 0.1) is 18.7 Å². The standard InChI is InChI=1S/C12H19N5O2S/c1-8-9(20-12(14)15-8)6-11(19)17-4-2-16(3-5-17)7-10(13)18/h2-7H2,1H3,(H2,13,18)(H2,14,15). The van der Waals surface area contributed by atoms with Gasteiger partial charge in [0.25, 0.3) is 0 Å². The second-order valence-corrected chi connectivity index (χ2v) is 5.98. The molecule has 0 bridgehead atoms. The molecule has 4 N–H and O–H groups in total. The molecule has 1 saturated heterocycles. The van der Waals surface area contributed by atoms with Gasteiger partial charge in [-0.15, -0.1) is 11.3 Å². The Bertz CT molecular complexity index is 508. The molecular formula is C12H19N5O2S. The van der Waals surface area contributed by atoms with Crippen molar-refractivity contribution in [1.82, 2.24) is 14.8 Å². The van der Waals surface area contributed by atoms with Gasteiger partial charge in [0.2, 0.25) is 11.8 Å². The molecule has 20 heavy (non-hydrogen) atoms. The van der Waals surface area contributed by atoms with Crippen LogP contribution in [-0.4, -0.2) is 59.3 Å². The van der Waals surface area contributed by atoms with Gasteiger partial charge in [-0.3, -0.25) is 14.5 Å². The van der Waals surface area contributed by atoms with Crippen molar-refractivity contribution in [2.75, 3.05) is 38.5 Å². The molecular weight excluding hydrogens is 278 g/mol. The quantitative estimate of drug-likeness (QED) is 0.757. The lowest BCUT2D eigenvalue weighted by Gasteiger charge is -2.34. The highest BCUT2D eigenvalue weighted by Gasteiger charge is 2.23. The number of amides is 2. The molecule has 0 unspecified atom stereocenters. The number of nitrogen functional groups attached to an aromatic ring is 1. The molecule has 2 amide bonds. The number of aryl methyl sites for hydroxylation is 1. The maximum atomic E-state index is 12.2. The zero-order valence-electron chi connectivity index (χ0n) is 11.5. The Hall–Kier alpha value is -1.67. The molecule has 2 heterocycles. The van der Waals surface area contributed by atoms with Crippen molar-refractivity contribution in [2.45, 2.75) is 13.3 Å². The monoisotopic (exact) mass is 297 g/mol. The van der Waals surface area contributed by atoms with E-state index in [0.717, 1.165) is 10.6 Å². The second kappa shape index (κ2) is 6.19. The largest absolute Gasteiger partial charge is 0.375 e. The van der Waals surface area contributed by atoms with E-state index in [1.165, 1.54) is 11.3 Å². The molecule has 110 valence electrons. The van der Waals surface area contributed by atoms with Crippen LogP contribution in [0.4, 0.5) is 5.13 Å². The molecule has 0 atom stereocenters. The van der Waals surface area contributed by atoms with E-state index < -0.39 is 0 Å². The van der Waals surface area contributed by atoms with Crippen molar-refractivity contribution >= 4 is 28.3 Å². The van der Waals surface area contributed by atoms with E-state index in [0.29, 0.717) is 37.7 Å². The number of carbonyl (C=O) groups is 2. The van der Waals surface area contributed by atoms with E-state index in [1.54, 1.807) is 0 Å². The number of rotatable bonds is 4. The molecule has 7 nitrogen and oxygen atoms in total. The first kappa shape index (κ1) is 14.7. The van der Waals surface area contributed by atoms with Crippen LogP contribution in [0.2, 0.25) is 0 Å². The number of anilines is 1. The van der Waals surface area contributed by atoms with Crippen LogP contribution >= 0.6 is 11.3 Å². The van der Waals surface area contributed by atoms with Crippen LogP contribution in [0.3, 0.4) is 0 Å². The van der Waals surface area contributed by atoms with Crippen LogP contribution in [0.25, 0.3) is 0 Å². The van der Waals surface area contributed by atoms with Gasteiger partial charge in [0.1, 0.15) is 0 Å². The van der Waals surface area contributed by atoms with Crippen molar-refractivity contribution in [3.8, 4) is 0 Å². The lowest BCUT2D eigenvalue weighted by Crippen LogP contribution is -2.50. The van der Waals surface area contributed by atoms with E-state index in [4.69, 9.17) is 11.5 Å². The first-order chi connectivity index (χ1) is 9.45. The third-order valence-electron chi connectivity index (χ3n) is 3.33. The molecule has 0 aliphatic carbocycles. The molecule has 1 aromatic rings. The molecule has 1 aliphatic heterocycles. The van der Waals surface area contributed by atoms with Gasteiger partial charge in [0.15, 0.2) is 5.13 Å². The predicted molar refractivity (Wildman–Crippen MR) is 77.2 cm³/mol. The molecule has 1 aromatic heterocycles. The maximum absolute atomic E-state index is 12.2. The molecule has 1 fully saturated rings. The zero-order chi connectivity index (χ0) is 14.7. The van der Waals surface area contributed by atoms with Gasteiger partial charge >= 0.3 is 0 Å². The number of nitrogens with two attached hydrogens (primary N) is 2. The average Bonchev–Trinajstić information content (AvgIpc) is 2.68. The zero-order valence-corrected chi connectivity index (χ0v) is 12.3. The highest BCUT2D eigenvalue weighted by Crippen LogP contribution is 2.21. The van der Waals surface area contributed by atoms with Gasteiger partial charge in [0, 0.05) is 31.1 Å². The second-order valence-electron chi connectivity index (χ2n) is 4.86. The number of carbonyl (C=O) groups excluding carboxylic acids is 2. The topological polar surface area (TPSA) is 106 Å². The van der Waals surface area contributed by atoms with Gasteiger partial charge in [-0.05, 0) is 6.92 Å². The average molecular weight is 297 g/mol. The minimum Gasteiger partial charge on any atom is -0.375 e. The molecule has 0 saturated carbocycles. The van der Waals surface area contributed by atoms with Crippen molar-refractivity contribution in [3.63, 3.8) is 0 Å². The highest BCUT2D eigenvalue weighted by atomic mass is 32.1. The number of hydrogen-bond acceptors (Lipinski definition) is 6. The Morgan fingerprint density at radius 1 is 1.30 bits per heavy atom. The Balaban J connectivity index is 1.86. The van der Waals surface area contributed by atoms with E-state index in [2.05, 4.69) is 4.98 Å². The summed E-state index contributed by atoms with van der Waals surface area (Å²) in [5.74, 6) is -0.254. The van der Waals surface area contributed by atoms with Gasteiger partial charge < -0.3 is 16.4 Å². The number of aromatic nitrogens is 1. The highest BCUT2D eigenvalue weighted by molar-refractivity contribution is 7.15. The van der Waals surface area contributed by atoms with Gasteiger partial charge in [-0.2, -0.15) is 0 Å². The molecule has 1 aliphatic rings. The lowest BCUT2D eigenvalue weighted by atomic mass is 10.2. The maximum Gasteiger partial charge on any atom is 0.231 e. The van der Waals surface area contributed by atoms with Gasteiger partial charge in [-0.25, -0.2) is 4.98 Å². The minimum atomic E-state index is -0.333. The molecule has 0 spiro atoms. The fraction of sp³-hybridized carbons (Fsp3) is 0.583. The number of thiazole rings is 1. The van der Waals surface area contributed by atoms with E-state index >= 15 is 0 Å². The third-order valence-corrected chi connectivity index (χ3v) is 4.31. The van der Waals surface area contributed by atoms with E-state index in [9.17, 15) is 9.59 Å². The predicted octanol–water partition coefficient (Wildman–Crippen LogP) is -0.794. The number of hydrogen-bond donors (Lipinski definition) is 2. The van der Waals surface area contributed by atoms with E-state index in [1.807, 2.05) is 16.7 Å². The molecule has 8 heteroatoms. The Kier molecular flexibility index (Phi) is 4.56. The van der Waals surface area contributed by atoms with Crippen LogP contribution in [0, 0.1) is 6.92 Å². The summed E-state index contributed by atoms with van der Waals surface area (Å²) in [6.07, 6.45) is 0.344.